The highest BCUT2D eigenvalue weighted by atomic mass is 79.9. The van der Waals surface area contributed by atoms with E-state index in [4.69, 9.17) is 5.73 Å². The molecule has 0 amide bonds. The zero-order valence-electron chi connectivity index (χ0n) is 9.13. The van der Waals surface area contributed by atoms with Gasteiger partial charge in [-0.1, -0.05) is 22.9 Å². The minimum Gasteiger partial charge on any atom is -0.328 e. The SMILES string of the molecule is CC(N)CCC(C)c1cc(Br)ccc1F. The van der Waals surface area contributed by atoms with Crippen molar-refractivity contribution in [3.05, 3.63) is 34.1 Å². The van der Waals surface area contributed by atoms with Gasteiger partial charge in [-0.15, -0.1) is 0 Å². The Hall–Kier alpha value is -0.410. The fourth-order valence-electron chi connectivity index (χ4n) is 1.56. The summed E-state index contributed by atoms with van der Waals surface area (Å²) in [5.41, 5.74) is 6.45. The molecule has 0 saturated carbocycles. The van der Waals surface area contributed by atoms with Gasteiger partial charge in [0.2, 0.25) is 0 Å². The van der Waals surface area contributed by atoms with Crippen molar-refractivity contribution in [2.45, 2.75) is 38.6 Å². The lowest BCUT2D eigenvalue weighted by Gasteiger charge is -2.14. The maximum absolute atomic E-state index is 13.5. The second kappa shape index (κ2) is 5.61. The van der Waals surface area contributed by atoms with Crippen molar-refractivity contribution in [2.75, 3.05) is 0 Å². The van der Waals surface area contributed by atoms with Gasteiger partial charge in [-0.05, 0) is 49.4 Å². The van der Waals surface area contributed by atoms with Crippen molar-refractivity contribution in [1.82, 2.24) is 0 Å². The van der Waals surface area contributed by atoms with E-state index in [1.165, 1.54) is 6.07 Å². The first-order chi connectivity index (χ1) is 7.00. The first-order valence-corrected chi connectivity index (χ1v) is 6.00. The molecule has 0 aromatic heterocycles. The molecule has 84 valence electrons. The molecule has 2 unspecified atom stereocenters. The highest BCUT2D eigenvalue weighted by molar-refractivity contribution is 9.10. The standard InChI is InChI=1S/C12H17BrFN/c1-8(3-4-9(2)15)11-7-10(13)5-6-12(11)14/h5-9H,3-4,15H2,1-2H3. The van der Waals surface area contributed by atoms with E-state index in [1.54, 1.807) is 6.07 Å². The molecule has 0 saturated heterocycles. The number of hydrogen-bond donors (Lipinski definition) is 1. The lowest BCUT2D eigenvalue weighted by atomic mass is 9.94. The largest absolute Gasteiger partial charge is 0.328 e. The first-order valence-electron chi connectivity index (χ1n) is 5.21. The van der Waals surface area contributed by atoms with Gasteiger partial charge < -0.3 is 5.73 Å². The van der Waals surface area contributed by atoms with E-state index in [2.05, 4.69) is 15.9 Å². The zero-order chi connectivity index (χ0) is 11.4. The summed E-state index contributed by atoms with van der Waals surface area (Å²) >= 11 is 3.35. The first kappa shape index (κ1) is 12.7. The van der Waals surface area contributed by atoms with Crippen molar-refractivity contribution in [2.24, 2.45) is 5.73 Å². The van der Waals surface area contributed by atoms with Gasteiger partial charge in [0.15, 0.2) is 0 Å². The van der Waals surface area contributed by atoms with Crippen molar-refractivity contribution in [3.8, 4) is 0 Å². The minimum absolute atomic E-state index is 0.129. The predicted molar refractivity (Wildman–Crippen MR) is 65.4 cm³/mol. The minimum atomic E-state index is -0.129. The molecule has 0 aliphatic carbocycles. The van der Waals surface area contributed by atoms with E-state index in [-0.39, 0.29) is 17.8 Å². The molecule has 1 rings (SSSR count). The molecule has 0 heterocycles. The number of halogens is 2. The van der Waals surface area contributed by atoms with Gasteiger partial charge in [-0.25, -0.2) is 4.39 Å². The molecule has 0 radical (unpaired) electrons. The molecular formula is C12H17BrFN. The monoisotopic (exact) mass is 273 g/mol. The van der Waals surface area contributed by atoms with Gasteiger partial charge >= 0.3 is 0 Å². The third-order valence-electron chi connectivity index (χ3n) is 2.54. The summed E-state index contributed by atoms with van der Waals surface area (Å²) in [6.07, 6.45) is 1.85. The Morgan fingerprint density at radius 2 is 2.00 bits per heavy atom. The van der Waals surface area contributed by atoms with Crippen LogP contribution in [0.25, 0.3) is 0 Å². The van der Waals surface area contributed by atoms with Crippen molar-refractivity contribution in [1.29, 1.82) is 0 Å². The topological polar surface area (TPSA) is 26.0 Å². The maximum Gasteiger partial charge on any atom is 0.126 e. The molecule has 3 heteroatoms. The van der Waals surface area contributed by atoms with Crippen LogP contribution in [-0.2, 0) is 0 Å². The maximum atomic E-state index is 13.5. The van der Waals surface area contributed by atoms with Crippen molar-refractivity contribution < 1.29 is 4.39 Å². The van der Waals surface area contributed by atoms with Crippen LogP contribution < -0.4 is 5.73 Å². The number of hydrogen-bond acceptors (Lipinski definition) is 1. The van der Waals surface area contributed by atoms with E-state index in [0.29, 0.717) is 0 Å². The summed E-state index contributed by atoms with van der Waals surface area (Å²) in [7, 11) is 0. The molecular weight excluding hydrogens is 257 g/mol. The van der Waals surface area contributed by atoms with Crippen LogP contribution in [0, 0.1) is 5.82 Å². The summed E-state index contributed by atoms with van der Waals surface area (Å²) in [6.45, 7) is 4.01. The smallest absolute Gasteiger partial charge is 0.126 e. The highest BCUT2D eigenvalue weighted by Crippen LogP contribution is 2.26. The molecule has 2 N–H and O–H groups in total. The van der Waals surface area contributed by atoms with E-state index in [1.807, 2.05) is 19.9 Å². The molecule has 0 spiro atoms. The average molecular weight is 274 g/mol. The van der Waals surface area contributed by atoms with Crippen LogP contribution in [0.15, 0.2) is 22.7 Å². The molecule has 0 aliphatic rings. The van der Waals surface area contributed by atoms with Crippen LogP contribution in [0.1, 0.15) is 38.2 Å². The van der Waals surface area contributed by atoms with E-state index >= 15 is 0 Å². The van der Waals surface area contributed by atoms with Crippen molar-refractivity contribution >= 4 is 15.9 Å². The summed E-state index contributed by atoms with van der Waals surface area (Å²) in [5, 5.41) is 0. The molecule has 0 fully saturated rings. The van der Waals surface area contributed by atoms with Crippen LogP contribution >= 0.6 is 15.9 Å². The van der Waals surface area contributed by atoms with Gasteiger partial charge in [0, 0.05) is 10.5 Å². The average Bonchev–Trinajstić information content (AvgIpc) is 2.18. The summed E-state index contributed by atoms with van der Waals surface area (Å²) in [4.78, 5) is 0. The molecule has 2 atom stereocenters. The summed E-state index contributed by atoms with van der Waals surface area (Å²) < 4.78 is 14.4. The van der Waals surface area contributed by atoms with Crippen LogP contribution in [-0.4, -0.2) is 6.04 Å². The van der Waals surface area contributed by atoms with Crippen LogP contribution in [0.5, 0.6) is 0 Å². The molecule has 1 aromatic rings. The van der Waals surface area contributed by atoms with Crippen molar-refractivity contribution in [3.63, 3.8) is 0 Å². The van der Waals surface area contributed by atoms with Crippen LogP contribution in [0.3, 0.4) is 0 Å². The predicted octanol–water partition coefficient (Wildman–Crippen LogP) is 3.82. The second-order valence-corrected chi connectivity index (χ2v) is 5.04. The lowest BCUT2D eigenvalue weighted by molar-refractivity contribution is 0.536. The Morgan fingerprint density at radius 3 is 2.60 bits per heavy atom. The third-order valence-corrected chi connectivity index (χ3v) is 3.04. The fraction of sp³-hybridized carbons (Fsp3) is 0.500. The number of benzene rings is 1. The van der Waals surface area contributed by atoms with E-state index in [0.717, 1.165) is 22.9 Å². The molecule has 0 bridgehead atoms. The Morgan fingerprint density at radius 1 is 1.33 bits per heavy atom. The fourth-order valence-corrected chi connectivity index (χ4v) is 1.94. The molecule has 1 nitrogen and oxygen atoms in total. The van der Waals surface area contributed by atoms with Gasteiger partial charge in [0.25, 0.3) is 0 Å². The Kier molecular flexibility index (Phi) is 4.74. The Bertz CT molecular complexity index is 325. The molecule has 1 aromatic carbocycles. The molecule has 0 aliphatic heterocycles. The normalized spacial score (nSPS) is 15.0. The van der Waals surface area contributed by atoms with Gasteiger partial charge in [-0.2, -0.15) is 0 Å². The number of rotatable bonds is 4. The van der Waals surface area contributed by atoms with Gasteiger partial charge in [0.05, 0.1) is 0 Å². The van der Waals surface area contributed by atoms with Crippen LogP contribution in [0.4, 0.5) is 4.39 Å². The Balaban J connectivity index is 2.72. The summed E-state index contributed by atoms with van der Waals surface area (Å²) in [5.74, 6) is 0.0869. The Labute approximate surface area is 99.0 Å². The zero-order valence-corrected chi connectivity index (χ0v) is 10.7. The second-order valence-electron chi connectivity index (χ2n) is 4.12. The highest BCUT2D eigenvalue weighted by Gasteiger charge is 2.11. The molecule has 15 heavy (non-hydrogen) atoms. The van der Waals surface area contributed by atoms with Gasteiger partial charge in [0.1, 0.15) is 5.82 Å². The lowest BCUT2D eigenvalue weighted by Crippen LogP contribution is -2.15. The quantitative estimate of drug-likeness (QED) is 0.887. The third kappa shape index (κ3) is 3.92. The van der Waals surface area contributed by atoms with E-state index in [9.17, 15) is 4.39 Å². The summed E-state index contributed by atoms with van der Waals surface area (Å²) in [6, 6.07) is 5.25. The van der Waals surface area contributed by atoms with Gasteiger partial charge in [-0.3, -0.25) is 0 Å². The van der Waals surface area contributed by atoms with E-state index < -0.39 is 0 Å². The number of nitrogens with two attached hydrogens (primary N) is 1. The van der Waals surface area contributed by atoms with Crippen LogP contribution in [0.2, 0.25) is 0 Å².